The summed E-state index contributed by atoms with van der Waals surface area (Å²) in [6.45, 7) is 7.78. The number of nitrogens with zero attached hydrogens (tertiary/aromatic N) is 2. The van der Waals surface area contributed by atoms with Gasteiger partial charge in [-0.1, -0.05) is 12.1 Å². The Bertz CT molecular complexity index is 1300. The molecule has 2 heterocycles. The quantitative estimate of drug-likeness (QED) is 0.444. The lowest BCUT2D eigenvalue weighted by molar-refractivity contribution is -0.127. The topological polar surface area (TPSA) is 81.5 Å². The summed E-state index contributed by atoms with van der Waals surface area (Å²) in [5, 5.41) is 0.930. The zero-order valence-corrected chi connectivity index (χ0v) is 21.4. The monoisotopic (exact) mass is 492 g/mol. The van der Waals surface area contributed by atoms with Crippen LogP contribution in [0.3, 0.4) is 0 Å². The van der Waals surface area contributed by atoms with E-state index in [2.05, 4.69) is 0 Å². The summed E-state index contributed by atoms with van der Waals surface area (Å²) < 4.78 is 22.1. The molecule has 0 bridgehead atoms. The second kappa shape index (κ2) is 10.8. The van der Waals surface area contributed by atoms with Gasteiger partial charge in [0.15, 0.2) is 0 Å². The van der Waals surface area contributed by atoms with Crippen LogP contribution in [0.15, 0.2) is 47.1 Å². The predicted molar refractivity (Wildman–Crippen MR) is 138 cm³/mol. The van der Waals surface area contributed by atoms with Crippen molar-refractivity contribution in [2.45, 2.75) is 20.8 Å². The molecule has 0 aliphatic carbocycles. The number of ether oxygens (including phenoxy) is 3. The maximum Gasteiger partial charge on any atom is 0.409 e. The Morgan fingerprint density at radius 3 is 2.44 bits per heavy atom. The van der Waals surface area contributed by atoms with E-state index in [1.807, 2.05) is 44.2 Å². The molecule has 2 aromatic carbocycles. The second-order valence-electron chi connectivity index (χ2n) is 8.68. The largest absolute Gasteiger partial charge is 0.497 e. The molecule has 0 N–H and O–H groups in total. The van der Waals surface area contributed by atoms with E-state index in [0.717, 1.165) is 44.5 Å². The number of fused-ring (bicyclic) bond motifs is 1. The zero-order chi connectivity index (χ0) is 25.8. The molecule has 0 saturated carbocycles. The Balaban J connectivity index is 1.64. The molecule has 0 atom stereocenters. The lowest BCUT2D eigenvalue weighted by Crippen LogP contribution is -2.50. The van der Waals surface area contributed by atoms with E-state index in [1.54, 1.807) is 43.3 Å². The van der Waals surface area contributed by atoms with E-state index in [1.165, 1.54) is 0 Å². The molecule has 1 aliphatic rings. The van der Waals surface area contributed by atoms with Crippen LogP contribution >= 0.6 is 0 Å². The van der Waals surface area contributed by atoms with Crippen molar-refractivity contribution < 1.29 is 28.2 Å². The van der Waals surface area contributed by atoms with Gasteiger partial charge in [-0.2, -0.15) is 0 Å². The molecular weight excluding hydrogens is 460 g/mol. The number of carbonyl (C=O) groups is 2. The van der Waals surface area contributed by atoms with Crippen molar-refractivity contribution in [1.29, 1.82) is 0 Å². The third kappa shape index (κ3) is 4.89. The Morgan fingerprint density at radius 1 is 1.06 bits per heavy atom. The number of hydrogen-bond donors (Lipinski definition) is 0. The van der Waals surface area contributed by atoms with Gasteiger partial charge in [0.25, 0.3) is 0 Å². The van der Waals surface area contributed by atoms with Gasteiger partial charge in [-0.3, -0.25) is 4.79 Å². The van der Waals surface area contributed by atoms with Crippen LogP contribution in [0.5, 0.6) is 11.5 Å². The van der Waals surface area contributed by atoms with Crippen LogP contribution in [-0.4, -0.2) is 68.8 Å². The van der Waals surface area contributed by atoms with Gasteiger partial charge in [-0.25, -0.2) is 4.79 Å². The van der Waals surface area contributed by atoms with E-state index in [0.29, 0.717) is 38.5 Å². The fourth-order valence-electron chi connectivity index (χ4n) is 4.56. The van der Waals surface area contributed by atoms with Gasteiger partial charge in [-0.05, 0) is 50.1 Å². The maximum atomic E-state index is 13.1. The van der Waals surface area contributed by atoms with Crippen molar-refractivity contribution in [2.24, 2.45) is 0 Å². The third-order valence-corrected chi connectivity index (χ3v) is 6.51. The summed E-state index contributed by atoms with van der Waals surface area (Å²) in [5.41, 5.74) is 5.12. The molecule has 36 heavy (non-hydrogen) atoms. The highest BCUT2D eigenvalue weighted by Crippen LogP contribution is 2.41. The number of hydrogen-bond acceptors (Lipinski definition) is 6. The predicted octanol–water partition coefficient (Wildman–Crippen LogP) is 5.13. The number of piperazine rings is 1. The van der Waals surface area contributed by atoms with Gasteiger partial charge >= 0.3 is 6.09 Å². The normalized spacial score (nSPS) is 14.2. The minimum Gasteiger partial charge on any atom is -0.497 e. The molecule has 1 saturated heterocycles. The van der Waals surface area contributed by atoms with E-state index in [-0.39, 0.29) is 12.0 Å². The standard InChI is InChI=1S/C28H32N2O6/c1-6-35-28(32)30-12-10-29(11-13-30)25(31)14-18(2)22-16-23-24(20-8-7-9-21(15-20)33-4)17-36-27(23)19(3)26(22)34-5/h7-9,14-17H,6,10-13H2,1-5H3/b18-14+. The number of allylic oxidation sites excluding steroid dienone is 1. The first-order valence-electron chi connectivity index (χ1n) is 12.0. The molecule has 8 heteroatoms. The minimum atomic E-state index is -0.336. The van der Waals surface area contributed by atoms with Gasteiger partial charge in [0, 0.05) is 54.3 Å². The Morgan fingerprint density at radius 2 is 1.78 bits per heavy atom. The van der Waals surface area contributed by atoms with Crippen LogP contribution in [0.4, 0.5) is 4.79 Å². The fourth-order valence-corrected chi connectivity index (χ4v) is 4.56. The third-order valence-electron chi connectivity index (χ3n) is 6.51. The average molecular weight is 493 g/mol. The summed E-state index contributed by atoms with van der Waals surface area (Å²) in [5.74, 6) is 1.33. The summed E-state index contributed by atoms with van der Waals surface area (Å²) in [7, 11) is 3.26. The van der Waals surface area contributed by atoms with Crippen molar-refractivity contribution in [3.63, 3.8) is 0 Å². The smallest absolute Gasteiger partial charge is 0.409 e. The highest BCUT2D eigenvalue weighted by molar-refractivity contribution is 6.01. The lowest BCUT2D eigenvalue weighted by atomic mass is 9.96. The molecule has 1 aromatic heterocycles. The Kier molecular flexibility index (Phi) is 7.52. The maximum absolute atomic E-state index is 13.1. The summed E-state index contributed by atoms with van der Waals surface area (Å²) in [6, 6.07) is 9.82. The molecule has 190 valence electrons. The van der Waals surface area contributed by atoms with Crippen molar-refractivity contribution in [2.75, 3.05) is 47.0 Å². The van der Waals surface area contributed by atoms with Crippen LogP contribution in [0.1, 0.15) is 25.0 Å². The van der Waals surface area contributed by atoms with Crippen molar-refractivity contribution in [3.05, 3.63) is 53.8 Å². The number of benzene rings is 2. The van der Waals surface area contributed by atoms with Crippen LogP contribution in [-0.2, 0) is 9.53 Å². The molecule has 4 rings (SSSR count). The SMILES string of the molecule is CCOC(=O)N1CCN(C(=O)/C=C(\C)c2cc3c(-c4cccc(OC)c4)coc3c(C)c2OC)CC1. The van der Waals surface area contributed by atoms with Gasteiger partial charge in [0.05, 0.1) is 27.1 Å². The zero-order valence-electron chi connectivity index (χ0n) is 21.4. The van der Waals surface area contributed by atoms with Crippen LogP contribution in [0, 0.1) is 6.92 Å². The Labute approximate surface area is 211 Å². The number of aryl methyl sites for hydroxylation is 1. The van der Waals surface area contributed by atoms with Crippen molar-refractivity contribution in [3.8, 4) is 22.6 Å². The first kappa shape index (κ1) is 25.2. The highest BCUT2D eigenvalue weighted by Gasteiger charge is 2.25. The fraction of sp³-hybridized carbons (Fsp3) is 0.357. The van der Waals surface area contributed by atoms with Crippen LogP contribution in [0.2, 0.25) is 0 Å². The summed E-state index contributed by atoms with van der Waals surface area (Å²) in [6.07, 6.45) is 3.04. The van der Waals surface area contributed by atoms with Crippen LogP contribution < -0.4 is 9.47 Å². The van der Waals surface area contributed by atoms with Crippen molar-refractivity contribution >= 4 is 28.5 Å². The molecular formula is C28H32N2O6. The molecule has 2 amide bonds. The molecule has 3 aromatic rings. The molecule has 0 spiro atoms. The first-order chi connectivity index (χ1) is 17.4. The van der Waals surface area contributed by atoms with Gasteiger partial charge < -0.3 is 28.4 Å². The first-order valence-corrected chi connectivity index (χ1v) is 12.0. The number of rotatable bonds is 6. The molecule has 0 radical (unpaired) electrons. The van der Waals surface area contributed by atoms with Crippen LogP contribution in [0.25, 0.3) is 27.7 Å². The lowest BCUT2D eigenvalue weighted by Gasteiger charge is -2.33. The molecule has 1 aliphatic heterocycles. The van der Waals surface area contributed by atoms with E-state index in [4.69, 9.17) is 18.6 Å². The highest BCUT2D eigenvalue weighted by atomic mass is 16.6. The number of amides is 2. The van der Waals surface area contributed by atoms with Gasteiger partial charge in [0.1, 0.15) is 17.1 Å². The molecule has 0 unspecified atom stereocenters. The van der Waals surface area contributed by atoms with Gasteiger partial charge in [0.2, 0.25) is 5.91 Å². The van der Waals surface area contributed by atoms with E-state index < -0.39 is 0 Å². The number of furan rings is 1. The summed E-state index contributed by atoms with van der Waals surface area (Å²) in [4.78, 5) is 28.4. The second-order valence-corrected chi connectivity index (χ2v) is 8.68. The molecule has 8 nitrogen and oxygen atoms in total. The number of carbonyl (C=O) groups excluding carboxylic acids is 2. The van der Waals surface area contributed by atoms with Gasteiger partial charge in [-0.15, -0.1) is 0 Å². The minimum absolute atomic E-state index is 0.101. The van der Waals surface area contributed by atoms with E-state index >= 15 is 0 Å². The van der Waals surface area contributed by atoms with E-state index in [9.17, 15) is 9.59 Å². The number of methoxy groups -OCH3 is 2. The molecule has 1 fully saturated rings. The Hall–Kier alpha value is -3.94. The van der Waals surface area contributed by atoms with Crippen molar-refractivity contribution in [1.82, 2.24) is 9.80 Å². The average Bonchev–Trinajstić information content (AvgIpc) is 3.33. The summed E-state index contributed by atoms with van der Waals surface area (Å²) >= 11 is 0.